The van der Waals surface area contributed by atoms with Crippen LogP contribution in [-0.2, 0) is 0 Å². The van der Waals surface area contributed by atoms with Gasteiger partial charge in [0.25, 0.3) is 0 Å². The van der Waals surface area contributed by atoms with Crippen LogP contribution in [-0.4, -0.2) is 33.9 Å². The molecule has 4 heterocycles. The van der Waals surface area contributed by atoms with Gasteiger partial charge in [-0.25, -0.2) is 24.9 Å². The largest absolute Gasteiger partial charge is 0.278 e. The van der Waals surface area contributed by atoms with Gasteiger partial charge in [-0.15, -0.1) is 0 Å². The maximum absolute atomic E-state index is 5.21. The van der Waals surface area contributed by atoms with Crippen molar-refractivity contribution in [3.8, 4) is 28.5 Å². The molecule has 0 unspecified atom stereocenters. The van der Waals surface area contributed by atoms with E-state index >= 15 is 0 Å². The Kier molecular flexibility index (Phi) is 5.15. The molecular weight excluding hydrogens is 566 g/mol. The van der Waals surface area contributed by atoms with Crippen LogP contribution in [0.3, 0.4) is 0 Å². The van der Waals surface area contributed by atoms with E-state index in [1.54, 1.807) is 0 Å². The average Bonchev–Trinajstić information content (AvgIpc) is 3.66. The van der Waals surface area contributed by atoms with Gasteiger partial charge in [0.05, 0.1) is 22.1 Å². The van der Waals surface area contributed by atoms with E-state index < -0.39 is 0 Å². The Bertz CT molecular complexity index is 2810. The van der Waals surface area contributed by atoms with E-state index in [2.05, 4.69) is 87.8 Å². The first-order valence-corrected chi connectivity index (χ1v) is 15.2. The minimum absolute atomic E-state index is 0.631. The van der Waals surface area contributed by atoms with Crippen molar-refractivity contribution in [2.45, 2.75) is 0 Å². The highest BCUT2D eigenvalue weighted by Crippen LogP contribution is 2.35. The van der Waals surface area contributed by atoms with Crippen molar-refractivity contribution in [3.63, 3.8) is 0 Å². The molecule has 7 nitrogen and oxygen atoms in total. The summed E-state index contributed by atoms with van der Waals surface area (Å²) >= 11 is 0. The fraction of sp³-hybridized carbons (Fsp3) is 0. The molecule has 6 aromatic carbocycles. The van der Waals surface area contributed by atoms with Gasteiger partial charge in [0.1, 0.15) is 11.0 Å². The maximum Gasteiger partial charge on any atom is 0.220 e. The quantitative estimate of drug-likeness (QED) is 0.193. The molecule has 4 aromatic heterocycles. The van der Waals surface area contributed by atoms with Crippen LogP contribution in [0.1, 0.15) is 0 Å². The first-order chi connectivity index (χ1) is 22.8. The molecule has 0 saturated heterocycles. The van der Waals surface area contributed by atoms with Gasteiger partial charge >= 0.3 is 0 Å². The third-order valence-corrected chi connectivity index (χ3v) is 8.81. The number of nitrogens with zero attached hydrogens (tertiary/aromatic N) is 7. The minimum atomic E-state index is 0.631. The predicted molar refractivity (Wildman–Crippen MR) is 184 cm³/mol. The molecule has 0 radical (unpaired) electrons. The summed E-state index contributed by atoms with van der Waals surface area (Å²) in [5.74, 6) is 2.16. The second-order valence-corrected chi connectivity index (χ2v) is 11.4. The summed E-state index contributed by atoms with van der Waals surface area (Å²) in [5.41, 5.74) is 8.69. The third kappa shape index (κ3) is 3.56. The van der Waals surface area contributed by atoms with Crippen LogP contribution in [0.25, 0.3) is 88.9 Å². The molecule has 0 N–H and O–H groups in total. The van der Waals surface area contributed by atoms with E-state index in [4.69, 9.17) is 24.9 Å². The zero-order valence-electron chi connectivity index (χ0n) is 24.4. The van der Waals surface area contributed by atoms with Crippen molar-refractivity contribution in [2.24, 2.45) is 0 Å². The highest BCUT2D eigenvalue weighted by atomic mass is 15.2. The molecule has 0 amide bonds. The fourth-order valence-electron chi connectivity index (χ4n) is 6.73. The van der Waals surface area contributed by atoms with Gasteiger partial charge in [0.2, 0.25) is 5.78 Å². The molecule has 10 aromatic rings. The van der Waals surface area contributed by atoms with E-state index in [1.807, 2.05) is 60.9 Å². The first-order valence-electron chi connectivity index (χ1n) is 15.2. The van der Waals surface area contributed by atoms with Crippen LogP contribution in [0.5, 0.6) is 0 Å². The lowest BCUT2D eigenvalue weighted by Gasteiger charge is -2.12. The molecule has 0 atom stereocenters. The standard InChI is InChI=1S/C39H23N7/c1-2-11-24(12-3-1)37-40-22-29-27-15-4-5-16-28(27)30-23-41-38(44-36(30)35(29)43-37)25-13-10-14-26(21-25)45-33-19-8-9-20-34(33)46-32-18-7-6-17-31(32)42-39(45)46/h1-23H. The van der Waals surface area contributed by atoms with Gasteiger partial charge in [-0.3, -0.25) is 8.97 Å². The smallest absolute Gasteiger partial charge is 0.220 e. The highest BCUT2D eigenvalue weighted by molar-refractivity contribution is 6.23. The van der Waals surface area contributed by atoms with Crippen LogP contribution < -0.4 is 0 Å². The van der Waals surface area contributed by atoms with Gasteiger partial charge in [-0.1, -0.05) is 91.0 Å². The summed E-state index contributed by atoms with van der Waals surface area (Å²) in [4.78, 5) is 25.0. The van der Waals surface area contributed by atoms with Crippen LogP contribution in [0.4, 0.5) is 0 Å². The summed E-state index contributed by atoms with van der Waals surface area (Å²) < 4.78 is 4.44. The molecule has 0 bridgehead atoms. The van der Waals surface area contributed by atoms with Crippen molar-refractivity contribution in [2.75, 3.05) is 0 Å². The lowest BCUT2D eigenvalue weighted by Crippen LogP contribution is -1.98. The molecule has 0 fully saturated rings. The maximum atomic E-state index is 5.21. The van der Waals surface area contributed by atoms with Crippen LogP contribution in [0.15, 0.2) is 140 Å². The monoisotopic (exact) mass is 589 g/mol. The Morgan fingerprint density at radius 1 is 0.435 bits per heavy atom. The fourth-order valence-corrected chi connectivity index (χ4v) is 6.73. The van der Waals surface area contributed by atoms with Gasteiger partial charge in [0, 0.05) is 40.0 Å². The normalized spacial score (nSPS) is 11.9. The van der Waals surface area contributed by atoms with Crippen molar-refractivity contribution >= 4 is 60.4 Å². The van der Waals surface area contributed by atoms with Crippen LogP contribution >= 0.6 is 0 Å². The molecular formula is C39H23N7. The number of benzene rings is 6. The van der Waals surface area contributed by atoms with E-state index in [1.165, 1.54) is 0 Å². The lowest BCUT2D eigenvalue weighted by atomic mass is 10.0. The summed E-state index contributed by atoms with van der Waals surface area (Å²) in [6, 6.07) is 43.4. The van der Waals surface area contributed by atoms with E-state index in [-0.39, 0.29) is 0 Å². The molecule has 0 aliphatic heterocycles. The Hall–Kier alpha value is -6.47. The van der Waals surface area contributed by atoms with Gasteiger partial charge < -0.3 is 0 Å². The van der Waals surface area contributed by atoms with Gasteiger partial charge in [-0.2, -0.15) is 0 Å². The van der Waals surface area contributed by atoms with Crippen molar-refractivity contribution < 1.29 is 0 Å². The van der Waals surface area contributed by atoms with Crippen LogP contribution in [0.2, 0.25) is 0 Å². The predicted octanol–water partition coefficient (Wildman–Crippen LogP) is 8.80. The van der Waals surface area contributed by atoms with E-state index in [0.717, 1.165) is 77.2 Å². The second-order valence-electron chi connectivity index (χ2n) is 11.4. The number of imidazole rings is 2. The SMILES string of the molecule is c1ccc(-c2ncc3c4ccccc4c4cnc(-c5cccc(-n6c7ccccc7n7c8ccccc8nc67)c5)nc4c3n2)cc1. The number of aromatic nitrogens is 7. The summed E-state index contributed by atoms with van der Waals surface area (Å²) in [6.07, 6.45) is 3.85. The molecule has 10 rings (SSSR count). The van der Waals surface area contributed by atoms with Crippen LogP contribution in [0, 0.1) is 0 Å². The van der Waals surface area contributed by atoms with Crippen molar-refractivity contribution in [1.82, 2.24) is 33.9 Å². The number of rotatable bonds is 3. The highest BCUT2D eigenvalue weighted by Gasteiger charge is 2.18. The molecule has 0 aliphatic rings. The Morgan fingerprint density at radius 2 is 1.02 bits per heavy atom. The summed E-state index contributed by atoms with van der Waals surface area (Å²) in [7, 11) is 0. The number of fused-ring (bicyclic) bond motifs is 11. The molecule has 0 saturated carbocycles. The first kappa shape index (κ1) is 24.9. The molecule has 214 valence electrons. The second kappa shape index (κ2) is 9.51. The average molecular weight is 590 g/mol. The number of hydrogen-bond acceptors (Lipinski definition) is 5. The van der Waals surface area contributed by atoms with E-state index in [0.29, 0.717) is 11.6 Å². The topological polar surface area (TPSA) is 73.8 Å². The zero-order chi connectivity index (χ0) is 30.2. The molecule has 0 aliphatic carbocycles. The molecule has 46 heavy (non-hydrogen) atoms. The third-order valence-electron chi connectivity index (χ3n) is 8.81. The molecule has 7 heteroatoms. The lowest BCUT2D eigenvalue weighted by molar-refractivity contribution is 1.11. The van der Waals surface area contributed by atoms with Gasteiger partial charge in [0.15, 0.2) is 11.6 Å². The minimum Gasteiger partial charge on any atom is -0.278 e. The Morgan fingerprint density at radius 3 is 1.76 bits per heavy atom. The van der Waals surface area contributed by atoms with Crippen molar-refractivity contribution in [3.05, 3.63) is 140 Å². The number of hydrogen-bond donors (Lipinski definition) is 0. The zero-order valence-corrected chi connectivity index (χ0v) is 24.4. The van der Waals surface area contributed by atoms with Crippen molar-refractivity contribution in [1.29, 1.82) is 0 Å². The summed E-state index contributed by atoms with van der Waals surface area (Å²) in [5, 5.41) is 4.09. The van der Waals surface area contributed by atoms with Gasteiger partial charge in [-0.05, 0) is 47.2 Å². The molecule has 0 spiro atoms. The Balaban J connectivity index is 1.21. The number of para-hydroxylation sites is 4. The summed E-state index contributed by atoms with van der Waals surface area (Å²) in [6.45, 7) is 0. The Labute approximate surface area is 262 Å². The van der Waals surface area contributed by atoms with E-state index in [9.17, 15) is 0 Å².